The first-order chi connectivity index (χ1) is 10.7. The molecule has 118 valence electrons. The Balaban J connectivity index is 0.00000116. The molecule has 0 saturated carbocycles. The van der Waals surface area contributed by atoms with Crippen LogP contribution in [-0.2, 0) is 17.7 Å². The van der Waals surface area contributed by atoms with E-state index in [0.29, 0.717) is 25.3 Å². The van der Waals surface area contributed by atoms with Crippen LogP contribution in [0, 0.1) is 0 Å². The number of nitrogens with zero attached hydrogens (tertiary/aromatic N) is 2. The predicted molar refractivity (Wildman–Crippen MR) is 89.0 cm³/mol. The highest BCUT2D eigenvalue weighted by Gasteiger charge is 2.17. The number of aromatic nitrogens is 2. The number of carbonyl (C=O) groups is 1. The molecule has 1 aromatic heterocycles. The number of ether oxygens (including phenoxy) is 1. The Kier molecular flexibility index (Phi) is 7.68. The van der Waals surface area contributed by atoms with Crippen LogP contribution >= 0.6 is 0 Å². The van der Waals surface area contributed by atoms with Crippen LogP contribution < -0.4 is 0 Å². The van der Waals surface area contributed by atoms with Crippen molar-refractivity contribution in [2.45, 2.75) is 33.7 Å². The van der Waals surface area contributed by atoms with E-state index in [2.05, 4.69) is 11.7 Å². The van der Waals surface area contributed by atoms with Crippen molar-refractivity contribution in [1.29, 1.82) is 0 Å². The largest absolute Gasteiger partial charge is 0.461 e. The van der Waals surface area contributed by atoms with E-state index in [4.69, 9.17) is 4.74 Å². The number of esters is 1. The van der Waals surface area contributed by atoms with E-state index in [1.807, 2.05) is 50.4 Å². The van der Waals surface area contributed by atoms with Crippen LogP contribution in [-0.4, -0.2) is 22.4 Å². The molecule has 0 N–H and O–H groups in total. The molecule has 2 rings (SSSR count). The Hall–Kier alpha value is -2.36. The molecule has 0 bridgehead atoms. The molecule has 0 aliphatic carbocycles. The third kappa shape index (κ3) is 4.88. The van der Waals surface area contributed by atoms with E-state index in [-0.39, 0.29) is 5.97 Å². The zero-order valence-corrected chi connectivity index (χ0v) is 13.6. The van der Waals surface area contributed by atoms with Crippen molar-refractivity contribution in [1.82, 2.24) is 9.78 Å². The molecule has 0 atom stereocenters. The van der Waals surface area contributed by atoms with Gasteiger partial charge in [0.1, 0.15) is 0 Å². The normalized spacial score (nSPS) is 9.59. The van der Waals surface area contributed by atoms with Crippen LogP contribution in [0.25, 0.3) is 0 Å². The lowest BCUT2D eigenvalue weighted by Crippen LogP contribution is -2.09. The van der Waals surface area contributed by atoms with Gasteiger partial charge in [0, 0.05) is 11.8 Å². The maximum absolute atomic E-state index is 11.9. The van der Waals surface area contributed by atoms with E-state index in [1.165, 1.54) is 0 Å². The molecular weight excluding hydrogens is 276 g/mol. The maximum Gasteiger partial charge on any atom is 0.359 e. The summed E-state index contributed by atoms with van der Waals surface area (Å²) in [6, 6.07) is 9.99. The second kappa shape index (κ2) is 9.55. The van der Waals surface area contributed by atoms with E-state index in [0.717, 1.165) is 11.1 Å². The Bertz CT molecular complexity index is 588. The van der Waals surface area contributed by atoms with E-state index >= 15 is 0 Å². The number of benzene rings is 1. The molecule has 4 heteroatoms. The van der Waals surface area contributed by atoms with Crippen LogP contribution in [0.2, 0.25) is 0 Å². The summed E-state index contributed by atoms with van der Waals surface area (Å²) in [5, 5.41) is 4.34. The van der Waals surface area contributed by atoms with Gasteiger partial charge in [-0.3, -0.25) is 4.68 Å². The van der Waals surface area contributed by atoms with Gasteiger partial charge in [-0.25, -0.2) is 4.79 Å². The van der Waals surface area contributed by atoms with Crippen LogP contribution in [0.1, 0.15) is 42.4 Å². The standard InChI is InChI=1S/C16H18N2O2.C2H6/c1-3-8-14-12-18(11-13-9-6-5-7-10-13)17-15(14)16(19)20-4-2;1-2/h3,5-7,9-10,12H,1,4,8,11H2,2H3;1-2H3. The zero-order valence-electron chi connectivity index (χ0n) is 13.6. The Morgan fingerprint density at radius 3 is 2.59 bits per heavy atom. The number of carbonyl (C=O) groups excluding carboxylic acids is 1. The molecule has 0 amide bonds. The van der Waals surface area contributed by atoms with Crippen molar-refractivity contribution in [2.24, 2.45) is 0 Å². The molecular formula is C18H24N2O2. The fourth-order valence-electron chi connectivity index (χ4n) is 1.99. The highest BCUT2D eigenvalue weighted by atomic mass is 16.5. The highest BCUT2D eigenvalue weighted by Crippen LogP contribution is 2.12. The lowest BCUT2D eigenvalue weighted by molar-refractivity contribution is 0.0517. The molecule has 22 heavy (non-hydrogen) atoms. The topological polar surface area (TPSA) is 44.1 Å². The minimum Gasteiger partial charge on any atom is -0.461 e. The third-order valence-corrected chi connectivity index (χ3v) is 2.86. The van der Waals surface area contributed by atoms with Crippen molar-refractivity contribution in [3.8, 4) is 0 Å². The van der Waals surface area contributed by atoms with E-state index in [1.54, 1.807) is 17.7 Å². The lowest BCUT2D eigenvalue weighted by atomic mass is 10.2. The van der Waals surface area contributed by atoms with Crippen LogP contribution in [0.4, 0.5) is 0 Å². The summed E-state index contributed by atoms with van der Waals surface area (Å²) >= 11 is 0. The predicted octanol–water partition coefficient (Wildman–Crippen LogP) is 3.86. The highest BCUT2D eigenvalue weighted by molar-refractivity contribution is 5.88. The molecule has 4 nitrogen and oxygen atoms in total. The fraction of sp³-hybridized carbons (Fsp3) is 0.333. The number of rotatable bonds is 6. The van der Waals surface area contributed by atoms with Crippen molar-refractivity contribution in [2.75, 3.05) is 6.61 Å². The SMILES string of the molecule is C=CCc1cn(Cc2ccccc2)nc1C(=O)OCC.CC. The molecule has 0 unspecified atom stereocenters. The average molecular weight is 300 g/mol. The van der Waals surface area contributed by atoms with Crippen molar-refractivity contribution >= 4 is 5.97 Å². The minimum atomic E-state index is -0.379. The van der Waals surface area contributed by atoms with E-state index < -0.39 is 0 Å². The third-order valence-electron chi connectivity index (χ3n) is 2.86. The summed E-state index contributed by atoms with van der Waals surface area (Å²) in [7, 11) is 0. The number of hydrogen-bond acceptors (Lipinski definition) is 3. The van der Waals surface area contributed by atoms with Gasteiger partial charge in [-0.2, -0.15) is 5.10 Å². The molecule has 1 aromatic carbocycles. The Labute approximate surface area is 132 Å². The molecule has 0 spiro atoms. The summed E-state index contributed by atoms with van der Waals surface area (Å²) < 4.78 is 6.79. The summed E-state index contributed by atoms with van der Waals surface area (Å²) in [6.07, 6.45) is 4.23. The van der Waals surface area contributed by atoms with Gasteiger partial charge in [0.25, 0.3) is 0 Å². The number of allylic oxidation sites excluding steroid dienone is 1. The molecule has 0 saturated heterocycles. The van der Waals surface area contributed by atoms with Gasteiger partial charge in [0.05, 0.1) is 13.2 Å². The van der Waals surface area contributed by atoms with Gasteiger partial charge in [-0.1, -0.05) is 50.3 Å². The van der Waals surface area contributed by atoms with Gasteiger partial charge >= 0.3 is 5.97 Å². The average Bonchev–Trinajstić information content (AvgIpc) is 2.94. The summed E-state index contributed by atoms with van der Waals surface area (Å²) in [4.78, 5) is 11.9. The molecule has 0 radical (unpaired) electrons. The first kappa shape index (κ1) is 17.7. The van der Waals surface area contributed by atoms with Gasteiger partial charge in [-0.15, -0.1) is 6.58 Å². The van der Waals surface area contributed by atoms with Gasteiger partial charge in [0.2, 0.25) is 0 Å². The second-order valence-corrected chi connectivity index (χ2v) is 4.40. The van der Waals surface area contributed by atoms with Crippen molar-refractivity contribution in [3.05, 3.63) is 66.0 Å². The molecule has 2 aromatic rings. The van der Waals surface area contributed by atoms with Crippen molar-refractivity contribution in [3.63, 3.8) is 0 Å². The molecule has 0 aliphatic heterocycles. The summed E-state index contributed by atoms with van der Waals surface area (Å²) in [5.74, 6) is -0.379. The first-order valence-corrected chi connectivity index (χ1v) is 7.63. The molecule has 0 fully saturated rings. The molecule has 1 heterocycles. The van der Waals surface area contributed by atoms with Crippen LogP contribution in [0.5, 0.6) is 0 Å². The monoisotopic (exact) mass is 300 g/mol. The zero-order chi connectivity index (χ0) is 16.4. The second-order valence-electron chi connectivity index (χ2n) is 4.40. The Morgan fingerprint density at radius 2 is 2.00 bits per heavy atom. The van der Waals surface area contributed by atoms with Gasteiger partial charge in [0.15, 0.2) is 5.69 Å². The Morgan fingerprint density at radius 1 is 1.32 bits per heavy atom. The van der Waals surface area contributed by atoms with E-state index in [9.17, 15) is 4.79 Å². The van der Waals surface area contributed by atoms with Crippen LogP contribution in [0.3, 0.4) is 0 Å². The lowest BCUT2D eigenvalue weighted by Gasteiger charge is -2.01. The maximum atomic E-state index is 11.9. The first-order valence-electron chi connectivity index (χ1n) is 7.63. The quantitative estimate of drug-likeness (QED) is 0.601. The fourth-order valence-corrected chi connectivity index (χ4v) is 1.99. The van der Waals surface area contributed by atoms with Crippen LogP contribution in [0.15, 0.2) is 49.2 Å². The smallest absolute Gasteiger partial charge is 0.359 e. The van der Waals surface area contributed by atoms with Gasteiger partial charge in [-0.05, 0) is 18.9 Å². The van der Waals surface area contributed by atoms with Crippen molar-refractivity contribution < 1.29 is 9.53 Å². The number of hydrogen-bond donors (Lipinski definition) is 0. The minimum absolute atomic E-state index is 0.345. The molecule has 0 aliphatic rings. The summed E-state index contributed by atoms with van der Waals surface area (Å²) in [6.45, 7) is 10.5. The van der Waals surface area contributed by atoms with Gasteiger partial charge < -0.3 is 4.74 Å². The summed E-state index contributed by atoms with van der Waals surface area (Å²) in [5.41, 5.74) is 2.35.